The molecule has 0 aliphatic carbocycles. The van der Waals surface area contributed by atoms with Gasteiger partial charge in [0.25, 0.3) is 11.6 Å². The number of ether oxygens (including phenoxy) is 1. The van der Waals surface area contributed by atoms with Gasteiger partial charge >= 0.3 is 0 Å². The van der Waals surface area contributed by atoms with Crippen molar-refractivity contribution in [1.82, 2.24) is 5.32 Å². The standard InChI is InChI=1S/C14H11N3O4/c15-9-11-7-8-21-14(11)16-13(18)6-3-10-1-4-12(5-2-10)17(19)20/h1-6H,7-8H2,(H,16,18)/b6-3-. The average Bonchev–Trinajstić information content (AvgIpc) is 2.92. The summed E-state index contributed by atoms with van der Waals surface area (Å²) in [6.07, 6.45) is 3.27. The van der Waals surface area contributed by atoms with Crippen molar-refractivity contribution in [2.24, 2.45) is 0 Å². The number of benzene rings is 1. The zero-order chi connectivity index (χ0) is 15.2. The van der Waals surface area contributed by atoms with E-state index in [1.165, 1.54) is 36.4 Å². The zero-order valence-corrected chi connectivity index (χ0v) is 10.9. The Kier molecular flexibility index (Phi) is 4.31. The van der Waals surface area contributed by atoms with Crippen molar-refractivity contribution >= 4 is 17.7 Å². The van der Waals surface area contributed by atoms with E-state index in [1.54, 1.807) is 0 Å². The molecule has 1 aromatic rings. The molecule has 106 valence electrons. The van der Waals surface area contributed by atoms with E-state index in [2.05, 4.69) is 5.32 Å². The summed E-state index contributed by atoms with van der Waals surface area (Å²) in [5.41, 5.74) is 1.05. The van der Waals surface area contributed by atoms with E-state index in [1.807, 2.05) is 6.07 Å². The smallest absolute Gasteiger partial charge is 0.269 e. The maximum atomic E-state index is 11.7. The molecule has 0 radical (unpaired) electrons. The summed E-state index contributed by atoms with van der Waals surface area (Å²) in [5, 5.41) is 21.8. The third kappa shape index (κ3) is 3.67. The van der Waals surface area contributed by atoms with Gasteiger partial charge in [0.05, 0.1) is 17.1 Å². The van der Waals surface area contributed by atoms with Crippen LogP contribution in [0.25, 0.3) is 6.08 Å². The predicted octanol–water partition coefficient (Wildman–Crippen LogP) is 1.88. The maximum absolute atomic E-state index is 11.7. The van der Waals surface area contributed by atoms with Gasteiger partial charge in [-0.25, -0.2) is 0 Å². The molecule has 2 rings (SSSR count). The van der Waals surface area contributed by atoms with Crippen LogP contribution in [-0.2, 0) is 9.53 Å². The monoisotopic (exact) mass is 285 g/mol. The van der Waals surface area contributed by atoms with E-state index < -0.39 is 10.8 Å². The van der Waals surface area contributed by atoms with Crippen LogP contribution in [0, 0.1) is 21.4 Å². The Balaban J connectivity index is 1.99. The van der Waals surface area contributed by atoms with Gasteiger partial charge in [-0.3, -0.25) is 20.2 Å². The lowest BCUT2D eigenvalue weighted by Crippen LogP contribution is -2.21. The van der Waals surface area contributed by atoms with Gasteiger partial charge in [0.2, 0.25) is 5.88 Å². The number of nitriles is 1. The summed E-state index contributed by atoms with van der Waals surface area (Å²) in [6, 6.07) is 7.74. The molecule has 1 heterocycles. The topological polar surface area (TPSA) is 105 Å². The second kappa shape index (κ2) is 6.34. The molecule has 0 saturated heterocycles. The molecule has 0 saturated carbocycles. The number of hydrogen-bond acceptors (Lipinski definition) is 5. The van der Waals surface area contributed by atoms with E-state index in [-0.39, 0.29) is 11.6 Å². The van der Waals surface area contributed by atoms with E-state index in [0.717, 1.165) is 0 Å². The summed E-state index contributed by atoms with van der Waals surface area (Å²) in [5.74, 6) is -0.242. The molecule has 1 aliphatic rings. The second-order valence-corrected chi connectivity index (χ2v) is 4.19. The van der Waals surface area contributed by atoms with Gasteiger partial charge in [-0.05, 0) is 23.8 Å². The summed E-state index contributed by atoms with van der Waals surface area (Å²) in [6.45, 7) is 0.380. The van der Waals surface area contributed by atoms with Gasteiger partial charge in [-0.15, -0.1) is 0 Å². The first-order chi connectivity index (χ1) is 10.1. The van der Waals surface area contributed by atoms with Crippen molar-refractivity contribution in [3.63, 3.8) is 0 Å². The molecule has 0 atom stereocenters. The van der Waals surface area contributed by atoms with Crippen molar-refractivity contribution < 1.29 is 14.5 Å². The number of carbonyl (C=O) groups is 1. The fraction of sp³-hybridized carbons (Fsp3) is 0.143. The summed E-state index contributed by atoms with van der Waals surface area (Å²) >= 11 is 0. The Morgan fingerprint density at radius 2 is 2.14 bits per heavy atom. The first kappa shape index (κ1) is 14.3. The number of carbonyl (C=O) groups excluding carboxylic acids is 1. The minimum atomic E-state index is -0.493. The molecular formula is C14H11N3O4. The highest BCUT2D eigenvalue weighted by Gasteiger charge is 2.16. The summed E-state index contributed by atoms with van der Waals surface area (Å²) in [7, 11) is 0. The minimum absolute atomic E-state index is 0.0141. The zero-order valence-electron chi connectivity index (χ0n) is 10.9. The first-order valence-corrected chi connectivity index (χ1v) is 6.09. The lowest BCUT2D eigenvalue weighted by Gasteiger charge is -2.03. The van der Waals surface area contributed by atoms with Crippen LogP contribution in [0.4, 0.5) is 5.69 Å². The molecule has 0 spiro atoms. The van der Waals surface area contributed by atoms with Gasteiger partial charge < -0.3 is 4.74 Å². The van der Waals surface area contributed by atoms with Gasteiger partial charge in [0.1, 0.15) is 6.07 Å². The van der Waals surface area contributed by atoms with E-state index >= 15 is 0 Å². The Morgan fingerprint density at radius 3 is 2.76 bits per heavy atom. The number of nitrogens with one attached hydrogen (secondary N) is 1. The van der Waals surface area contributed by atoms with Crippen LogP contribution in [0.15, 0.2) is 41.8 Å². The minimum Gasteiger partial charge on any atom is -0.478 e. The van der Waals surface area contributed by atoms with E-state index in [0.29, 0.717) is 24.2 Å². The van der Waals surface area contributed by atoms with Crippen molar-refractivity contribution in [2.45, 2.75) is 6.42 Å². The van der Waals surface area contributed by atoms with Crippen LogP contribution in [0.5, 0.6) is 0 Å². The third-order valence-corrected chi connectivity index (χ3v) is 2.78. The lowest BCUT2D eigenvalue weighted by atomic mass is 10.2. The number of hydrogen-bond donors (Lipinski definition) is 1. The highest BCUT2D eigenvalue weighted by molar-refractivity contribution is 5.92. The third-order valence-electron chi connectivity index (χ3n) is 2.78. The van der Waals surface area contributed by atoms with Gasteiger partial charge in [0.15, 0.2) is 0 Å². The molecule has 0 bridgehead atoms. The molecule has 21 heavy (non-hydrogen) atoms. The maximum Gasteiger partial charge on any atom is 0.269 e. The molecule has 7 heteroatoms. The molecule has 1 N–H and O–H groups in total. The van der Waals surface area contributed by atoms with Gasteiger partial charge in [0, 0.05) is 24.6 Å². The van der Waals surface area contributed by atoms with Crippen molar-refractivity contribution in [3.05, 3.63) is 57.5 Å². The van der Waals surface area contributed by atoms with E-state index in [9.17, 15) is 14.9 Å². The second-order valence-electron chi connectivity index (χ2n) is 4.19. The van der Waals surface area contributed by atoms with Crippen LogP contribution in [0.2, 0.25) is 0 Å². The summed E-state index contributed by atoms with van der Waals surface area (Å²) < 4.78 is 5.14. The number of nitro groups is 1. The predicted molar refractivity (Wildman–Crippen MR) is 73.5 cm³/mol. The van der Waals surface area contributed by atoms with Crippen LogP contribution in [-0.4, -0.2) is 17.4 Å². The largest absolute Gasteiger partial charge is 0.478 e. The van der Waals surface area contributed by atoms with E-state index in [4.69, 9.17) is 10.00 Å². The molecule has 0 aromatic heterocycles. The van der Waals surface area contributed by atoms with Gasteiger partial charge in [-0.2, -0.15) is 5.26 Å². The molecule has 7 nitrogen and oxygen atoms in total. The van der Waals surface area contributed by atoms with Crippen molar-refractivity contribution in [2.75, 3.05) is 6.61 Å². The van der Waals surface area contributed by atoms with Gasteiger partial charge in [-0.1, -0.05) is 0 Å². The highest BCUT2D eigenvalue weighted by Crippen LogP contribution is 2.16. The van der Waals surface area contributed by atoms with Crippen LogP contribution in [0.3, 0.4) is 0 Å². The fourth-order valence-electron chi connectivity index (χ4n) is 1.71. The highest BCUT2D eigenvalue weighted by atomic mass is 16.6. The van der Waals surface area contributed by atoms with Crippen LogP contribution < -0.4 is 5.32 Å². The molecule has 1 amide bonds. The number of non-ortho nitro benzene ring substituents is 1. The van der Waals surface area contributed by atoms with Crippen LogP contribution >= 0.6 is 0 Å². The lowest BCUT2D eigenvalue weighted by molar-refractivity contribution is -0.384. The number of nitrogens with zero attached hydrogens (tertiary/aromatic N) is 2. The van der Waals surface area contributed by atoms with Crippen molar-refractivity contribution in [1.29, 1.82) is 5.26 Å². The van der Waals surface area contributed by atoms with Crippen LogP contribution in [0.1, 0.15) is 12.0 Å². The SMILES string of the molecule is N#CC1=C(NC(=O)/C=C\c2ccc([N+](=O)[O-])cc2)OCC1. The normalized spacial score (nSPS) is 13.9. The molecule has 0 unspecified atom stereocenters. The average molecular weight is 285 g/mol. The number of nitro benzene ring substituents is 1. The quantitative estimate of drug-likeness (QED) is 0.516. The summed E-state index contributed by atoms with van der Waals surface area (Å²) in [4.78, 5) is 21.7. The molecule has 1 aromatic carbocycles. The Labute approximate surface area is 120 Å². The molecule has 1 aliphatic heterocycles. The number of amides is 1. The fourth-order valence-corrected chi connectivity index (χ4v) is 1.71. The Bertz CT molecular complexity index is 668. The molecule has 0 fully saturated rings. The Hall–Kier alpha value is -3.14. The van der Waals surface area contributed by atoms with Crippen molar-refractivity contribution in [3.8, 4) is 6.07 Å². The first-order valence-electron chi connectivity index (χ1n) is 6.09. The Morgan fingerprint density at radius 1 is 1.43 bits per heavy atom. The molecular weight excluding hydrogens is 274 g/mol. The number of rotatable bonds is 4.